The molecule has 0 aliphatic rings. The second kappa shape index (κ2) is 3.11. The third-order valence-electron chi connectivity index (χ3n) is 2.36. The van der Waals surface area contributed by atoms with E-state index in [4.69, 9.17) is 0 Å². The first-order chi connectivity index (χ1) is 6.24. The highest BCUT2D eigenvalue weighted by Crippen LogP contribution is 2.31. The maximum atomic E-state index is 13.3. The second-order valence-corrected chi connectivity index (χ2v) is 4.15. The van der Waals surface area contributed by atoms with Gasteiger partial charge in [-0.15, -0.1) is 11.3 Å². The highest BCUT2D eigenvalue weighted by Gasteiger charge is 2.09. The van der Waals surface area contributed by atoms with Gasteiger partial charge in [-0.2, -0.15) is 4.39 Å². The summed E-state index contributed by atoms with van der Waals surface area (Å²) in [7, 11) is 0. The molecule has 0 spiro atoms. The van der Waals surface area contributed by atoms with Crippen LogP contribution in [0.4, 0.5) is 4.39 Å². The van der Waals surface area contributed by atoms with E-state index in [0.29, 0.717) is 0 Å². The molecule has 2 rings (SSSR count). The Morgan fingerprint density at radius 1 is 1.38 bits per heavy atom. The maximum Gasteiger partial charge on any atom is 0.180 e. The molecular formula is C11H11FS. The van der Waals surface area contributed by atoms with Crippen molar-refractivity contribution in [2.45, 2.75) is 20.3 Å². The summed E-state index contributed by atoms with van der Waals surface area (Å²) >= 11 is 1.24. The third-order valence-corrected chi connectivity index (χ3v) is 3.41. The first-order valence-corrected chi connectivity index (χ1v) is 5.22. The van der Waals surface area contributed by atoms with Gasteiger partial charge in [0, 0.05) is 15.6 Å². The van der Waals surface area contributed by atoms with Crippen LogP contribution < -0.4 is 0 Å². The number of aryl methyl sites for hydroxylation is 2. The number of halogens is 1. The lowest BCUT2D eigenvalue weighted by Crippen LogP contribution is -1.82. The van der Waals surface area contributed by atoms with Crippen LogP contribution >= 0.6 is 11.3 Å². The van der Waals surface area contributed by atoms with Crippen LogP contribution in [0.15, 0.2) is 18.2 Å². The van der Waals surface area contributed by atoms with Gasteiger partial charge in [0.05, 0.1) is 0 Å². The Bertz CT molecular complexity index is 443. The SMILES string of the molecule is CCc1cccc2sc(F)c(C)c12. The quantitative estimate of drug-likeness (QED) is 0.645. The number of hydrogen-bond acceptors (Lipinski definition) is 1. The smallest absolute Gasteiger partial charge is 0.180 e. The van der Waals surface area contributed by atoms with Crippen molar-refractivity contribution in [1.82, 2.24) is 0 Å². The van der Waals surface area contributed by atoms with Crippen LogP contribution in [0.2, 0.25) is 0 Å². The zero-order valence-corrected chi connectivity index (χ0v) is 8.54. The van der Waals surface area contributed by atoms with Crippen molar-refractivity contribution < 1.29 is 4.39 Å². The van der Waals surface area contributed by atoms with Gasteiger partial charge in [-0.05, 0) is 25.0 Å². The molecule has 0 aliphatic heterocycles. The average Bonchev–Trinajstić information content (AvgIpc) is 2.43. The van der Waals surface area contributed by atoms with Gasteiger partial charge in [0.2, 0.25) is 0 Å². The van der Waals surface area contributed by atoms with Gasteiger partial charge >= 0.3 is 0 Å². The van der Waals surface area contributed by atoms with Crippen LogP contribution in [0.25, 0.3) is 10.1 Å². The normalized spacial score (nSPS) is 11.0. The van der Waals surface area contributed by atoms with Gasteiger partial charge in [0.15, 0.2) is 5.13 Å². The minimum atomic E-state index is -0.0455. The molecule has 0 bridgehead atoms. The van der Waals surface area contributed by atoms with Crippen molar-refractivity contribution in [2.24, 2.45) is 0 Å². The molecule has 0 nitrogen and oxygen atoms in total. The molecule has 0 fully saturated rings. The van der Waals surface area contributed by atoms with E-state index >= 15 is 0 Å². The van der Waals surface area contributed by atoms with Gasteiger partial charge in [-0.3, -0.25) is 0 Å². The van der Waals surface area contributed by atoms with Crippen LogP contribution in [-0.4, -0.2) is 0 Å². The van der Waals surface area contributed by atoms with Crippen molar-refractivity contribution >= 4 is 21.4 Å². The molecule has 0 N–H and O–H groups in total. The fourth-order valence-electron chi connectivity index (χ4n) is 1.65. The molecule has 0 saturated carbocycles. The summed E-state index contributed by atoms with van der Waals surface area (Å²) in [5.41, 5.74) is 2.05. The topological polar surface area (TPSA) is 0 Å². The molecule has 0 radical (unpaired) electrons. The summed E-state index contributed by atoms with van der Waals surface area (Å²) in [6.45, 7) is 3.96. The van der Waals surface area contributed by atoms with E-state index in [9.17, 15) is 4.39 Å². The second-order valence-electron chi connectivity index (χ2n) is 3.14. The van der Waals surface area contributed by atoms with Gasteiger partial charge in [-0.25, -0.2) is 0 Å². The largest absolute Gasteiger partial charge is 0.195 e. The Morgan fingerprint density at radius 3 is 2.85 bits per heavy atom. The predicted molar refractivity (Wildman–Crippen MR) is 55.9 cm³/mol. The van der Waals surface area contributed by atoms with E-state index in [0.717, 1.165) is 22.1 Å². The number of benzene rings is 1. The summed E-state index contributed by atoms with van der Waals surface area (Å²) < 4.78 is 14.3. The fourth-order valence-corrected chi connectivity index (χ4v) is 2.63. The van der Waals surface area contributed by atoms with Crippen LogP contribution in [0.5, 0.6) is 0 Å². The lowest BCUT2D eigenvalue weighted by atomic mass is 10.1. The van der Waals surface area contributed by atoms with Crippen LogP contribution in [-0.2, 0) is 6.42 Å². The van der Waals surface area contributed by atoms with Crippen molar-refractivity contribution in [3.05, 3.63) is 34.5 Å². The fraction of sp³-hybridized carbons (Fsp3) is 0.273. The Balaban J connectivity index is 2.87. The van der Waals surface area contributed by atoms with Crippen LogP contribution in [0.3, 0.4) is 0 Å². The summed E-state index contributed by atoms with van der Waals surface area (Å²) in [6, 6.07) is 6.05. The lowest BCUT2D eigenvalue weighted by Gasteiger charge is -1.99. The van der Waals surface area contributed by atoms with Crippen LogP contribution in [0, 0.1) is 12.1 Å². The van der Waals surface area contributed by atoms with E-state index in [1.54, 1.807) is 0 Å². The molecule has 68 valence electrons. The monoisotopic (exact) mass is 194 g/mol. The Labute approximate surface area is 81.0 Å². The van der Waals surface area contributed by atoms with Gasteiger partial charge in [0.1, 0.15) is 0 Å². The predicted octanol–water partition coefficient (Wildman–Crippen LogP) is 3.91. The number of thiophene rings is 1. The summed E-state index contributed by atoms with van der Waals surface area (Å²) in [6.07, 6.45) is 0.967. The molecule has 2 heteroatoms. The first-order valence-electron chi connectivity index (χ1n) is 4.40. The Kier molecular flexibility index (Phi) is 2.08. The number of hydrogen-bond donors (Lipinski definition) is 0. The van der Waals surface area contributed by atoms with Crippen molar-refractivity contribution in [1.29, 1.82) is 0 Å². The third kappa shape index (κ3) is 1.25. The molecule has 0 atom stereocenters. The minimum Gasteiger partial charge on any atom is -0.195 e. The molecule has 0 amide bonds. The van der Waals surface area contributed by atoms with Gasteiger partial charge < -0.3 is 0 Å². The molecule has 1 heterocycles. The molecular weight excluding hydrogens is 183 g/mol. The Hall–Kier alpha value is -0.890. The molecule has 1 aromatic carbocycles. The molecule has 0 aliphatic carbocycles. The molecule has 1 aromatic heterocycles. The summed E-state index contributed by atoms with van der Waals surface area (Å²) in [5, 5.41) is 1.07. The molecule has 13 heavy (non-hydrogen) atoms. The highest BCUT2D eigenvalue weighted by atomic mass is 32.1. The van der Waals surface area contributed by atoms with Gasteiger partial charge in [-0.1, -0.05) is 19.1 Å². The van der Waals surface area contributed by atoms with E-state index in [1.165, 1.54) is 16.9 Å². The van der Waals surface area contributed by atoms with Gasteiger partial charge in [0.25, 0.3) is 0 Å². The molecule has 2 aromatic rings. The summed E-state index contributed by atoms with van der Waals surface area (Å²) in [4.78, 5) is 0. The van der Waals surface area contributed by atoms with E-state index in [2.05, 4.69) is 13.0 Å². The van der Waals surface area contributed by atoms with Crippen molar-refractivity contribution in [3.8, 4) is 0 Å². The summed E-state index contributed by atoms with van der Waals surface area (Å²) in [5.74, 6) is 0. The molecule has 0 saturated heterocycles. The standard InChI is InChI=1S/C11H11FS/c1-3-8-5-4-6-9-10(8)7(2)11(12)13-9/h4-6H,3H2,1-2H3. The number of fused-ring (bicyclic) bond motifs is 1. The maximum absolute atomic E-state index is 13.3. The number of rotatable bonds is 1. The van der Waals surface area contributed by atoms with E-state index < -0.39 is 0 Å². The lowest BCUT2D eigenvalue weighted by molar-refractivity contribution is 0.650. The zero-order chi connectivity index (χ0) is 9.42. The highest BCUT2D eigenvalue weighted by molar-refractivity contribution is 7.17. The van der Waals surface area contributed by atoms with Crippen molar-refractivity contribution in [3.63, 3.8) is 0 Å². The van der Waals surface area contributed by atoms with Crippen LogP contribution in [0.1, 0.15) is 18.1 Å². The average molecular weight is 194 g/mol. The first kappa shape index (κ1) is 8.70. The Morgan fingerprint density at radius 2 is 2.15 bits per heavy atom. The van der Waals surface area contributed by atoms with Crippen molar-refractivity contribution in [2.75, 3.05) is 0 Å². The zero-order valence-electron chi connectivity index (χ0n) is 7.73. The van der Waals surface area contributed by atoms with E-state index in [1.807, 2.05) is 19.1 Å². The molecule has 0 unspecified atom stereocenters. The van der Waals surface area contributed by atoms with E-state index in [-0.39, 0.29) is 5.13 Å². The minimum absolute atomic E-state index is 0.0455.